The SMILES string of the molecule is CC(C)Cn1c(N)c(NC(CO)C(C)C)c(=O)[nH]c1=O. The van der Waals surface area contributed by atoms with E-state index in [1.54, 1.807) is 0 Å². The molecule has 0 spiro atoms. The van der Waals surface area contributed by atoms with Gasteiger partial charge < -0.3 is 16.2 Å². The highest BCUT2D eigenvalue weighted by atomic mass is 16.3. The molecule has 1 aromatic rings. The molecule has 1 atom stereocenters. The highest BCUT2D eigenvalue weighted by Crippen LogP contribution is 2.15. The van der Waals surface area contributed by atoms with Gasteiger partial charge >= 0.3 is 5.69 Å². The van der Waals surface area contributed by atoms with Gasteiger partial charge in [0.1, 0.15) is 11.5 Å². The van der Waals surface area contributed by atoms with E-state index in [1.165, 1.54) is 4.57 Å². The van der Waals surface area contributed by atoms with Crippen LogP contribution in [0.3, 0.4) is 0 Å². The van der Waals surface area contributed by atoms with Gasteiger partial charge in [-0.25, -0.2) is 4.79 Å². The van der Waals surface area contributed by atoms with Crippen molar-refractivity contribution in [2.45, 2.75) is 40.3 Å². The zero-order chi connectivity index (χ0) is 15.4. The van der Waals surface area contributed by atoms with Crippen molar-refractivity contribution >= 4 is 11.5 Å². The Bertz CT molecular complexity index is 560. The second kappa shape index (κ2) is 6.60. The molecule has 0 radical (unpaired) electrons. The van der Waals surface area contributed by atoms with Crippen LogP contribution >= 0.6 is 0 Å². The number of hydrogen-bond donors (Lipinski definition) is 4. The normalized spacial score (nSPS) is 12.9. The third-order valence-electron chi connectivity index (χ3n) is 3.12. The maximum absolute atomic E-state index is 11.9. The lowest BCUT2D eigenvalue weighted by molar-refractivity contribution is 0.249. The van der Waals surface area contributed by atoms with Crippen molar-refractivity contribution in [2.24, 2.45) is 11.8 Å². The van der Waals surface area contributed by atoms with E-state index in [0.717, 1.165) is 0 Å². The fourth-order valence-corrected chi connectivity index (χ4v) is 1.88. The molecule has 1 unspecified atom stereocenters. The number of aromatic nitrogens is 2. The van der Waals surface area contributed by atoms with Crippen LogP contribution in [-0.2, 0) is 6.54 Å². The van der Waals surface area contributed by atoms with E-state index in [0.29, 0.717) is 6.54 Å². The van der Waals surface area contributed by atoms with Gasteiger partial charge in [-0.15, -0.1) is 0 Å². The molecule has 0 fully saturated rings. The van der Waals surface area contributed by atoms with Gasteiger partial charge in [0.15, 0.2) is 0 Å². The van der Waals surface area contributed by atoms with Crippen LogP contribution in [0.15, 0.2) is 9.59 Å². The van der Waals surface area contributed by atoms with Gasteiger partial charge in [-0.2, -0.15) is 0 Å². The van der Waals surface area contributed by atoms with Gasteiger partial charge in [0.2, 0.25) is 0 Å². The van der Waals surface area contributed by atoms with Crippen LogP contribution in [0.1, 0.15) is 27.7 Å². The first-order valence-electron chi connectivity index (χ1n) is 6.77. The lowest BCUT2D eigenvalue weighted by Gasteiger charge is -2.22. The number of hydrogen-bond acceptors (Lipinski definition) is 5. The van der Waals surface area contributed by atoms with Crippen LogP contribution in [0, 0.1) is 11.8 Å². The zero-order valence-electron chi connectivity index (χ0n) is 12.4. The lowest BCUT2D eigenvalue weighted by Crippen LogP contribution is -2.38. The molecule has 114 valence electrons. The van der Waals surface area contributed by atoms with Gasteiger partial charge in [-0.3, -0.25) is 14.3 Å². The van der Waals surface area contributed by atoms with Crippen molar-refractivity contribution in [1.29, 1.82) is 0 Å². The van der Waals surface area contributed by atoms with E-state index >= 15 is 0 Å². The van der Waals surface area contributed by atoms with Crippen LogP contribution in [0.2, 0.25) is 0 Å². The Labute approximate surface area is 117 Å². The quantitative estimate of drug-likeness (QED) is 0.596. The number of aliphatic hydroxyl groups is 1. The summed E-state index contributed by atoms with van der Waals surface area (Å²) in [5, 5.41) is 12.3. The molecule has 20 heavy (non-hydrogen) atoms. The second-order valence-electron chi connectivity index (χ2n) is 5.70. The molecule has 1 heterocycles. The Morgan fingerprint density at radius 1 is 1.30 bits per heavy atom. The van der Waals surface area contributed by atoms with Crippen LogP contribution in [0.25, 0.3) is 0 Å². The third kappa shape index (κ3) is 3.63. The minimum absolute atomic E-state index is 0.103. The van der Waals surface area contributed by atoms with Crippen molar-refractivity contribution in [2.75, 3.05) is 17.7 Å². The molecule has 0 saturated heterocycles. The molecule has 0 amide bonds. The summed E-state index contributed by atoms with van der Waals surface area (Å²) < 4.78 is 1.34. The van der Waals surface area contributed by atoms with Gasteiger partial charge in [-0.1, -0.05) is 27.7 Å². The minimum Gasteiger partial charge on any atom is -0.394 e. The molecule has 0 aromatic carbocycles. The predicted molar refractivity (Wildman–Crippen MR) is 79.9 cm³/mol. The molecule has 7 heteroatoms. The number of nitrogens with two attached hydrogens (primary N) is 1. The number of aliphatic hydroxyl groups excluding tert-OH is 1. The molecular weight excluding hydrogens is 260 g/mol. The van der Waals surface area contributed by atoms with Crippen molar-refractivity contribution in [1.82, 2.24) is 9.55 Å². The van der Waals surface area contributed by atoms with E-state index < -0.39 is 11.2 Å². The number of nitrogens with one attached hydrogen (secondary N) is 2. The van der Waals surface area contributed by atoms with Crippen molar-refractivity contribution < 1.29 is 5.11 Å². The van der Waals surface area contributed by atoms with Crippen molar-refractivity contribution in [3.05, 3.63) is 20.8 Å². The third-order valence-corrected chi connectivity index (χ3v) is 3.12. The summed E-state index contributed by atoms with van der Waals surface area (Å²) in [7, 11) is 0. The van der Waals surface area contributed by atoms with E-state index in [1.807, 2.05) is 27.7 Å². The summed E-state index contributed by atoms with van der Waals surface area (Å²) >= 11 is 0. The number of anilines is 2. The fraction of sp³-hybridized carbons (Fsp3) is 0.692. The molecule has 5 N–H and O–H groups in total. The maximum Gasteiger partial charge on any atom is 0.330 e. The summed E-state index contributed by atoms with van der Waals surface area (Å²) in [5.41, 5.74) is 4.99. The number of aromatic amines is 1. The topological polar surface area (TPSA) is 113 Å². The van der Waals surface area contributed by atoms with Crippen LogP contribution in [0.5, 0.6) is 0 Å². The smallest absolute Gasteiger partial charge is 0.330 e. The molecule has 0 aliphatic heterocycles. The van der Waals surface area contributed by atoms with Gasteiger partial charge in [0.05, 0.1) is 12.6 Å². The van der Waals surface area contributed by atoms with Crippen LogP contribution < -0.4 is 22.3 Å². The van der Waals surface area contributed by atoms with E-state index in [-0.39, 0.29) is 36.0 Å². The first-order chi connectivity index (χ1) is 9.27. The monoisotopic (exact) mass is 284 g/mol. The molecule has 1 aromatic heterocycles. The van der Waals surface area contributed by atoms with E-state index in [4.69, 9.17) is 5.73 Å². The van der Waals surface area contributed by atoms with Crippen molar-refractivity contribution in [3.8, 4) is 0 Å². The maximum atomic E-state index is 11.9. The fourth-order valence-electron chi connectivity index (χ4n) is 1.88. The summed E-state index contributed by atoms with van der Waals surface area (Å²) in [6.07, 6.45) is 0. The van der Waals surface area contributed by atoms with Crippen molar-refractivity contribution in [3.63, 3.8) is 0 Å². The molecular formula is C13H24N4O3. The standard InChI is InChI=1S/C13H24N4O3/c1-7(2)5-17-11(14)10(12(19)16-13(17)20)15-9(6-18)8(3)4/h7-9,15,18H,5-6,14H2,1-4H3,(H,16,19,20). The Morgan fingerprint density at radius 3 is 2.35 bits per heavy atom. The summed E-state index contributed by atoms with van der Waals surface area (Å²) in [6, 6.07) is -0.302. The first kappa shape index (κ1) is 16.3. The molecule has 0 saturated carbocycles. The summed E-state index contributed by atoms with van der Waals surface area (Å²) in [6.45, 7) is 8.04. The van der Waals surface area contributed by atoms with Crippen LogP contribution in [-0.4, -0.2) is 27.3 Å². The highest BCUT2D eigenvalue weighted by molar-refractivity contribution is 5.61. The van der Waals surface area contributed by atoms with Gasteiger partial charge in [0, 0.05) is 6.54 Å². The highest BCUT2D eigenvalue weighted by Gasteiger charge is 2.18. The molecule has 0 bridgehead atoms. The first-order valence-corrected chi connectivity index (χ1v) is 6.77. The second-order valence-corrected chi connectivity index (χ2v) is 5.70. The summed E-state index contributed by atoms with van der Waals surface area (Å²) in [4.78, 5) is 25.9. The van der Waals surface area contributed by atoms with E-state index in [9.17, 15) is 14.7 Å². The Morgan fingerprint density at radius 2 is 1.90 bits per heavy atom. The number of nitrogens with zero attached hydrogens (tertiary/aromatic N) is 1. The van der Waals surface area contributed by atoms with Crippen LogP contribution in [0.4, 0.5) is 11.5 Å². The lowest BCUT2D eigenvalue weighted by atomic mass is 10.1. The number of nitrogen functional groups attached to an aromatic ring is 1. The van der Waals surface area contributed by atoms with Gasteiger partial charge in [0.25, 0.3) is 5.56 Å². The largest absolute Gasteiger partial charge is 0.394 e. The Kier molecular flexibility index (Phi) is 5.38. The average Bonchev–Trinajstić information content (AvgIpc) is 2.33. The molecule has 1 rings (SSSR count). The zero-order valence-corrected chi connectivity index (χ0v) is 12.4. The minimum atomic E-state index is -0.563. The molecule has 0 aliphatic rings. The van der Waals surface area contributed by atoms with Gasteiger partial charge in [-0.05, 0) is 11.8 Å². The molecule has 0 aliphatic carbocycles. The predicted octanol–water partition coefficient (Wildman–Crippen LogP) is 0.204. The Balaban J connectivity index is 3.26. The average molecular weight is 284 g/mol. The molecule has 7 nitrogen and oxygen atoms in total. The van der Waals surface area contributed by atoms with E-state index in [2.05, 4.69) is 10.3 Å². The summed E-state index contributed by atoms with van der Waals surface area (Å²) in [5.74, 6) is 0.434. The number of rotatable bonds is 6. The number of H-pyrrole nitrogens is 1. The Hall–Kier alpha value is -1.76.